The zero-order chi connectivity index (χ0) is 11.3. The summed E-state index contributed by atoms with van der Waals surface area (Å²) >= 11 is 1.29. The zero-order valence-electron chi connectivity index (χ0n) is 9.16. The van der Waals surface area contributed by atoms with Crippen molar-refractivity contribution in [3.63, 3.8) is 0 Å². The summed E-state index contributed by atoms with van der Waals surface area (Å²) in [5.41, 5.74) is 1.94. The van der Waals surface area contributed by atoms with Crippen LogP contribution in [0.3, 0.4) is 0 Å². The van der Waals surface area contributed by atoms with Crippen molar-refractivity contribution < 1.29 is 0 Å². The normalized spacial score (nSPS) is 10.3. The quantitative estimate of drug-likeness (QED) is 0.623. The first-order chi connectivity index (χ1) is 7.13. The van der Waals surface area contributed by atoms with Crippen molar-refractivity contribution in [3.05, 3.63) is 41.6 Å². The Hall–Kier alpha value is -1.09. The number of aromatic nitrogens is 1. The maximum Gasteiger partial charge on any atom is 0.117 e. The largest absolute Gasteiger partial charge is 0.292 e. The topological polar surface area (TPSA) is 36.7 Å². The first-order valence-electron chi connectivity index (χ1n) is 4.95. The van der Waals surface area contributed by atoms with Crippen molar-refractivity contribution >= 4 is 16.8 Å². The standard InChI is InChI=1S/C12H16N2S/c1-4-15-12(13)11-6-5-10(8-14-11)7-9(2)3/h4-6,8-9,13H,1,7H2,2-3H3. The Morgan fingerprint density at radius 3 is 2.80 bits per heavy atom. The molecular formula is C12H16N2S. The van der Waals surface area contributed by atoms with Gasteiger partial charge in [0.15, 0.2) is 0 Å². The maximum absolute atomic E-state index is 7.67. The summed E-state index contributed by atoms with van der Waals surface area (Å²) in [5.74, 6) is 0.639. The molecule has 1 N–H and O–H groups in total. The van der Waals surface area contributed by atoms with Crippen molar-refractivity contribution in [2.45, 2.75) is 20.3 Å². The molecule has 0 unspecified atom stereocenters. The van der Waals surface area contributed by atoms with Crippen LogP contribution in [0.25, 0.3) is 0 Å². The Kier molecular flexibility index (Phi) is 4.56. The van der Waals surface area contributed by atoms with Crippen LogP contribution in [0.2, 0.25) is 0 Å². The van der Waals surface area contributed by atoms with E-state index in [2.05, 4.69) is 25.4 Å². The maximum atomic E-state index is 7.67. The third kappa shape index (κ3) is 3.88. The van der Waals surface area contributed by atoms with Gasteiger partial charge in [-0.15, -0.1) is 0 Å². The Bertz CT molecular complexity index is 341. The zero-order valence-corrected chi connectivity index (χ0v) is 9.97. The first kappa shape index (κ1) is 12.0. The first-order valence-corrected chi connectivity index (χ1v) is 5.83. The molecule has 0 atom stereocenters. The highest BCUT2D eigenvalue weighted by molar-refractivity contribution is 8.16. The minimum absolute atomic E-state index is 0.445. The fourth-order valence-corrected chi connectivity index (χ4v) is 1.70. The second-order valence-electron chi connectivity index (χ2n) is 3.76. The van der Waals surface area contributed by atoms with Gasteiger partial charge in [0, 0.05) is 6.20 Å². The average molecular weight is 220 g/mol. The van der Waals surface area contributed by atoms with Gasteiger partial charge in [-0.3, -0.25) is 10.4 Å². The monoisotopic (exact) mass is 220 g/mol. The minimum Gasteiger partial charge on any atom is -0.292 e. The number of thioether (sulfide) groups is 1. The van der Waals surface area contributed by atoms with Gasteiger partial charge in [-0.1, -0.05) is 38.3 Å². The Balaban J connectivity index is 2.71. The lowest BCUT2D eigenvalue weighted by atomic mass is 10.0. The van der Waals surface area contributed by atoms with Crippen molar-refractivity contribution in [1.29, 1.82) is 5.41 Å². The van der Waals surface area contributed by atoms with Gasteiger partial charge in [0.1, 0.15) is 5.04 Å². The lowest BCUT2D eigenvalue weighted by Gasteiger charge is -2.05. The molecular weight excluding hydrogens is 204 g/mol. The fraction of sp³-hybridized carbons (Fsp3) is 0.333. The van der Waals surface area contributed by atoms with Crippen LogP contribution in [0.1, 0.15) is 25.1 Å². The summed E-state index contributed by atoms with van der Waals surface area (Å²) in [6.45, 7) is 7.95. The number of hydrogen-bond acceptors (Lipinski definition) is 3. The predicted octanol–water partition coefficient (Wildman–Crippen LogP) is 3.48. The van der Waals surface area contributed by atoms with E-state index >= 15 is 0 Å². The van der Waals surface area contributed by atoms with E-state index in [0.29, 0.717) is 16.7 Å². The Morgan fingerprint density at radius 1 is 1.60 bits per heavy atom. The molecule has 0 bridgehead atoms. The second kappa shape index (κ2) is 5.71. The lowest BCUT2D eigenvalue weighted by molar-refractivity contribution is 0.645. The summed E-state index contributed by atoms with van der Waals surface area (Å²) in [6.07, 6.45) is 2.89. The number of nitrogens with one attached hydrogen (secondary N) is 1. The molecule has 0 saturated heterocycles. The molecule has 80 valence electrons. The summed E-state index contributed by atoms with van der Waals surface area (Å²) in [5, 5.41) is 9.76. The van der Waals surface area contributed by atoms with Gasteiger partial charge in [-0.25, -0.2) is 0 Å². The van der Waals surface area contributed by atoms with Crippen molar-refractivity contribution in [2.75, 3.05) is 0 Å². The molecule has 0 amide bonds. The Labute approximate surface area is 95.3 Å². The van der Waals surface area contributed by atoms with E-state index in [9.17, 15) is 0 Å². The molecule has 2 nitrogen and oxygen atoms in total. The van der Waals surface area contributed by atoms with Crippen molar-refractivity contribution in [1.82, 2.24) is 4.98 Å². The fourth-order valence-electron chi connectivity index (χ4n) is 1.29. The van der Waals surface area contributed by atoms with Crippen molar-refractivity contribution in [3.8, 4) is 0 Å². The van der Waals surface area contributed by atoms with Crippen LogP contribution in [-0.2, 0) is 6.42 Å². The van der Waals surface area contributed by atoms with Crippen LogP contribution in [0, 0.1) is 11.3 Å². The van der Waals surface area contributed by atoms with Gasteiger partial charge < -0.3 is 0 Å². The van der Waals surface area contributed by atoms with Crippen LogP contribution < -0.4 is 0 Å². The van der Waals surface area contributed by atoms with E-state index in [1.165, 1.54) is 17.3 Å². The number of pyridine rings is 1. The highest BCUT2D eigenvalue weighted by Gasteiger charge is 2.03. The summed E-state index contributed by atoms with van der Waals surface area (Å²) < 4.78 is 0. The molecule has 1 rings (SSSR count). The molecule has 0 aliphatic carbocycles. The highest BCUT2D eigenvalue weighted by Crippen LogP contribution is 2.12. The molecule has 1 heterocycles. The van der Waals surface area contributed by atoms with E-state index in [0.717, 1.165) is 6.42 Å². The SMILES string of the molecule is C=CSC(=N)c1ccc(CC(C)C)cn1. The lowest BCUT2D eigenvalue weighted by Crippen LogP contribution is -1.99. The highest BCUT2D eigenvalue weighted by atomic mass is 32.2. The minimum atomic E-state index is 0.445. The van der Waals surface area contributed by atoms with E-state index in [1.54, 1.807) is 5.41 Å². The van der Waals surface area contributed by atoms with E-state index in [4.69, 9.17) is 5.41 Å². The number of nitrogens with zero attached hydrogens (tertiary/aromatic N) is 1. The molecule has 3 heteroatoms. The molecule has 0 radical (unpaired) electrons. The number of hydrogen-bond donors (Lipinski definition) is 1. The van der Waals surface area contributed by atoms with Crippen LogP contribution >= 0.6 is 11.8 Å². The van der Waals surface area contributed by atoms with Crippen molar-refractivity contribution in [2.24, 2.45) is 5.92 Å². The van der Waals surface area contributed by atoms with Gasteiger partial charge in [0.25, 0.3) is 0 Å². The predicted molar refractivity (Wildman–Crippen MR) is 67.4 cm³/mol. The van der Waals surface area contributed by atoms with Crippen LogP contribution in [0.5, 0.6) is 0 Å². The molecule has 0 fully saturated rings. The third-order valence-corrected chi connectivity index (χ3v) is 2.51. The molecule has 1 aromatic rings. The van der Waals surface area contributed by atoms with Crippen LogP contribution in [-0.4, -0.2) is 10.0 Å². The average Bonchev–Trinajstić information content (AvgIpc) is 2.18. The summed E-state index contributed by atoms with van der Waals surface area (Å²) in [7, 11) is 0. The van der Waals surface area contributed by atoms with E-state index in [1.807, 2.05) is 18.3 Å². The summed E-state index contributed by atoms with van der Waals surface area (Å²) in [4.78, 5) is 4.26. The van der Waals surface area contributed by atoms with Crippen LogP contribution in [0.4, 0.5) is 0 Å². The van der Waals surface area contributed by atoms with Gasteiger partial charge in [0.2, 0.25) is 0 Å². The third-order valence-electron chi connectivity index (χ3n) is 1.90. The van der Waals surface area contributed by atoms with Gasteiger partial charge >= 0.3 is 0 Å². The molecule has 15 heavy (non-hydrogen) atoms. The number of rotatable bonds is 4. The van der Waals surface area contributed by atoms with Gasteiger partial charge in [0.05, 0.1) is 5.69 Å². The Morgan fingerprint density at radius 2 is 2.33 bits per heavy atom. The second-order valence-corrected chi connectivity index (χ2v) is 4.74. The molecule has 0 aromatic carbocycles. The molecule has 1 aromatic heterocycles. The molecule has 0 aliphatic rings. The molecule has 0 aliphatic heterocycles. The smallest absolute Gasteiger partial charge is 0.117 e. The summed E-state index contributed by atoms with van der Waals surface area (Å²) in [6, 6.07) is 3.94. The van der Waals surface area contributed by atoms with E-state index < -0.39 is 0 Å². The molecule has 0 spiro atoms. The van der Waals surface area contributed by atoms with E-state index in [-0.39, 0.29) is 0 Å². The van der Waals surface area contributed by atoms with Gasteiger partial charge in [-0.2, -0.15) is 0 Å². The van der Waals surface area contributed by atoms with Gasteiger partial charge in [-0.05, 0) is 29.4 Å². The molecule has 0 saturated carbocycles. The van der Waals surface area contributed by atoms with Crippen LogP contribution in [0.15, 0.2) is 30.3 Å².